The minimum absolute atomic E-state index is 0.0808. The molecule has 3 rings (SSSR count). The second-order valence-corrected chi connectivity index (χ2v) is 7.33. The van der Waals surface area contributed by atoms with E-state index in [-0.39, 0.29) is 30.8 Å². The Morgan fingerprint density at radius 2 is 1.76 bits per heavy atom. The first kappa shape index (κ1) is 20.9. The molecule has 0 saturated heterocycles. The van der Waals surface area contributed by atoms with Gasteiger partial charge in [-0.05, 0) is 35.2 Å². The third-order valence-corrected chi connectivity index (χ3v) is 5.31. The number of alkyl halides is 3. The van der Waals surface area contributed by atoms with Gasteiger partial charge < -0.3 is 9.80 Å². The molecule has 0 aromatic heterocycles. The molecule has 1 aliphatic rings. The third kappa shape index (κ3) is 4.78. The molecule has 0 radical (unpaired) electrons. The average molecular weight is 404 g/mol. The molecule has 0 saturated carbocycles. The SMILES string of the molecule is CC(=O)N1CCc2ccccc2C1CC(=O)N(C)Cc1ccc(C(F)(F)F)cc1. The van der Waals surface area contributed by atoms with Gasteiger partial charge in [-0.15, -0.1) is 0 Å². The Hall–Kier alpha value is -2.83. The number of benzene rings is 2. The van der Waals surface area contributed by atoms with Crippen LogP contribution in [0.1, 0.15) is 41.6 Å². The molecule has 0 spiro atoms. The van der Waals surface area contributed by atoms with Crippen molar-refractivity contribution in [1.82, 2.24) is 9.80 Å². The van der Waals surface area contributed by atoms with E-state index in [1.807, 2.05) is 24.3 Å². The smallest absolute Gasteiger partial charge is 0.341 e. The molecule has 0 bridgehead atoms. The van der Waals surface area contributed by atoms with Crippen molar-refractivity contribution < 1.29 is 22.8 Å². The van der Waals surface area contributed by atoms with E-state index in [9.17, 15) is 22.8 Å². The molecule has 1 atom stereocenters. The van der Waals surface area contributed by atoms with Gasteiger partial charge in [0.25, 0.3) is 0 Å². The minimum Gasteiger partial charge on any atom is -0.341 e. The molecule has 1 unspecified atom stereocenters. The van der Waals surface area contributed by atoms with Crippen molar-refractivity contribution in [2.24, 2.45) is 0 Å². The Bertz CT molecular complexity index is 894. The summed E-state index contributed by atoms with van der Waals surface area (Å²) in [6, 6.07) is 12.2. The number of carbonyl (C=O) groups is 2. The zero-order chi connectivity index (χ0) is 21.2. The van der Waals surface area contributed by atoms with Crippen molar-refractivity contribution in [2.45, 2.75) is 38.5 Å². The highest BCUT2D eigenvalue weighted by atomic mass is 19.4. The van der Waals surface area contributed by atoms with Crippen molar-refractivity contribution in [3.05, 3.63) is 70.8 Å². The lowest BCUT2D eigenvalue weighted by molar-refractivity contribution is -0.138. The Morgan fingerprint density at radius 3 is 2.38 bits per heavy atom. The molecule has 0 N–H and O–H groups in total. The van der Waals surface area contributed by atoms with Gasteiger partial charge >= 0.3 is 6.18 Å². The van der Waals surface area contributed by atoms with Gasteiger partial charge in [0.15, 0.2) is 0 Å². The highest BCUT2D eigenvalue weighted by Gasteiger charge is 2.32. The number of hydrogen-bond donors (Lipinski definition) is 0. The molecule has 1 heterocycles. The van der Waals surface area contributed by atoms with Gasteiger partial charge in [0.05, 0.1) is 18.0 Å². The van der Waals surface area contributed by atoms with Crippen LogP contribution in [0.25, 0.3) is 0 Å². The molecule has 2 aromatic carbocycles. The van der Waals surface area contributed by atoms with Crippen LogP contribution >= 0.6 is 0 Å². The van der Waals surface area contributed by atoms with Gasteiger partial charge in [-0.1, -0.05) is 36.4 Å². The standard InChI is InChI=1S/C22H23F3N2O2/c1-15(28)27-12-11-17-5-3-4-6-19(17)20(27)13-21(29)26(2)14-16-7-9-18(10-8-16)22(23,24)25/h3-10,20H,11-14H2,1-2H3. The van der Waals surface area contributed by atoms with E-state index in [4.69, 9.17) is 0 Å². The lowest BCUT2D eigenvalue weighted by atomic mass is 9.90. The lowest BCUT2D eigenvalue weighted by Gasteiger charge is -2.37. The molecule has 7 heteroatoms. The predicted octanol–water partition coefficient (Wildman–Crippen LogP) is 4.20. The second-order valence-electron chi connectivity index (χ2n) is 7.33. The van der Waals surface area contributed by atoms with Crippen LogP contribution in [-0.2, 0) is 28.7 Å². The number of carbonyl (C=O) groups excluding carboxylic acids is 2. The Kier molecular flexibility index (Phi) is 5.96. The number of amides is 2. The third-order valence-electron chi connectivity index (χ3n) is 5.31. The van der Waals surface area contributed by atoms with E-state index in [0.29, 0.717) is 12.1 Å². The van der Waals surface area contributed by atoms with Gasteiger partial charge in [0.2, 0.25) is 11.8 Å². The Morgan fingerprint density at radius 1 is 1.10 bits per heavy atom. The lowest BCUT2D eigenvalue weighted by Crippen LogP contribution is -2.41. The first-order chi connectivity index (χ1) is 13.7. The van der Waals surface area contributed by atoms with E-state index >= 15 is 0 Å². The maximum atomic E-state index is 12.8. The number of nitrogens with zero attached hydrogens (tertiary/aromatic N) is 2. The van der Waals surface area contributed by atoms with E-state index in [2.05, 4.69) is 0 Å². The Labute approximate surface area is 167 Å². The second kappa shape index (κ2) is 8.27. The summed E-state index contributed by atoms with van der Waals surface area (Å²) >= 11 is 0. The van der Waals surface area contributed by atoms with Crippen LogP contribution < -0.4 is 0 Å². The fraction of sp³-hybridized carbons (Fsp3) is 0.364. The van der Waals surface area contributed by atoms with Crippen LogP contribution in [-0.4, -0.2) is 35.2 Å². The fourth-order valence-electron chi connectivity index (χ4n) is 3.73. The zero-order valence-electron chi connectivity index (χ0n) is 16.4. The number of fused-ring (bicyclic) bond motifs is 1. The molecule has 0 aliphatic carbocycles. The van der Waals surface area contributed by atoms with E-state index in [0.717, 1.165) is 29.7 Å². The highest BCUT2D eigenvalue weighted by Crippen LogP contribution is 2.33. The molecule has 154 valence electrons. The summed E-state index contributed by atoms with van der Waals surface area (Å²) in [6.45, 7) is 2.26. The van der Waals surface area contributed by atoms with E-state index in [1.165, 1.54) is 24.0 Å². The normalized spacial score (nSPS) is 16.3. The van der Waals surface area contributed by atoms with Gasteiger partial charge in [-0.2, -0.15) is 13.2 Å². The molecular formula is C22H23F3N2O2. The summed E-state index contributed by atoms with van der Waals surface area (Å²) < 4.78 is 38.1. The fourth-order valence-corrected chi connectivity index (χ4v) is 3.73. The number of halogens is 3. The van der Waals surface area contributed by atoms with Crippen LogP contribution in [0.3, 0.4) is 0 Å². The van der Waals surface area contributed by atoms with Crippen LogP contribution in [0.2, 0.25) is 0 Å². The monoisotopic (exact) mass is 404 g/mol. The van der Waals surface area contributed by atoms with Gasteiger partial charge in [-0.25, -0.2) is 0 Å². The van der Waals surface area contributed by atoms with Gasteiger partial charge in [0.1, 0.15) is 0 Å². The van der Waals surface area contributed by atoms with E-state index < -0.39 is 11.7 Å². The minimum atomic E-state index is -4.38. The molecule has 4 nitrogen and oxygen atoms in total. The molecular weight excluding hydrogens is 381 g/mol. The quantitative estimate of drug-likeness (QED) is 0.766. The summed E-state index contributed by atoms with van der Waals surface area (Å²) in [5.74, 6) is -0.249. The number of hydrogen-bond acceptors (Lipinski definition) is 2. The maximum Gasteiger partial charge on any atom is 0.416 e. The van der Waals surface area contributed by atoms with Crippen molar-refractivity contribution in [3.8, 4) is 0 Å². The molecule has 2 amide bonds. The largest absolute Gasteiger partial charge is 0.416 e. The van der Waals surface area contributed by atoms with Crippen molar-refractivity contribution in [1.29, 1.82) is 0 Å². The van der Waals surface area contributed by atoms with Crippen LogP contribution in [0.5, 0.6) is 0 Å². The van der Waals surface area contributed by atoms with Crippen molar-refractivity contribution >= 4 is 11.8 Å². The molecule has 2 aromatic rings. The molecule has 29 heavy (non-hydrogen) atoms. The first-order valence-electron chi connectivity index (χ1n) is 9.42. The van der Waals surface area contributed by atoms with Crippen molar-refractivity contribution in [2.75, 3.05) is 13.6 Å². The van der Waals surface area contributed by atoms with Crippen LogP contribution in [0, 0.1) is 0 Å². The summed E-state index contributed by atoms with van der Waals surface area (Å²) in [7, 11) is 1.62. The van der Waals surface area contributed by atoms with Gasteiger partial charge in [0, 0.05) is 27.1 Å². The maximum absolute atomic E-state index is 12.8. The zero-order valence-corrected chi connectivity index (χ0v) is 16.4. The summed E-state index contributed by atoms with van der Waals surface area (Å²) in [6.07, 6.45) is -3.50. The van der Waals surface area contributed by atoms with Crippen LogP contribution in [0.4, 0.5) is 13.2 Å². The first-order valence-corrected chi connectivity index (χ1v) is 9.42. The number of rotatable bonds is 4. The summed E-state index contributed by atoms with van der Waals surface area (Å²) in [4.78, 5) is 28.1. The Balaban J connectivity index is 1.72. The van der Waals surface area contributed by atoms with E-state index in [1.54, 1.807) is 11.9 Å². The molecule has 1 aliphatic heterocycles. The van der Waals surface area contributed by atoms with Crippen LogP contribution in [0.15, 0.2) is 48.5 Å². The predicted molar refractivity (Wildman–Crippen MR) is 103 cm³/mol. The highest BCUT2D eigenvalue weighted by molar-refractivity contribution is 5.79. The van der Waals surface area contributed by atoms with Gasteiger partial charge in [-0.3, -0.25) is 9.59 Å². The summed E-state index contributed by atoms with van der Waals surface area (Å²) in [5.41, 5.74) is 2.01. The topological polar surface area (TPSA) is 40.6 Å². The summed E-state index contributed by atoms with van der Waals surface area (Å²) in [5, 5.41) is 0. The van der Waals surface area contributed by atoms with Crippen molar-refractivity contribution in [3.63, 3.8) is 0 Å². The molecule has 0 fully saturated rings. The average Bonchev–Trinajstić information content (AvgIpc) is 2.67.